The lowest BCUT2D eigenvalue weighted by Gasteiger charge is -2.33. The van der Waals surface area contributed by atoms with Crippen molar-refractivity contribution in [3.63, 3.8) is 0 Å². The molecular weight excluding hydrogens is 443 g/mol. The number of likely N-dealkylation sites (tertiary alicyclic amines) is 2. The number of Topliss-reactive ketones (excluding diaryl/α,β-unsaturated/α-hetero) is 1. The van der Waals surface area contributed by atoms with Crippen LogP contribution >= 0.6 is 0 Å². The summed E-state index contributed by atoms with van der Waals surface area (Å²) in [5.74, 6) is -0.343. The zero-order chi connectivity index (χ0) is 24.4. The number of nitrogens with zero attached hydrogens (tertiary/aromatic N) is 3. The third-order valence-corrected chi connectivity index (χ3v) is 7.54. The highest BCUT2D eigenvalue weighted by Gasteiger charge is 2.33. The summed E-state index contributed by atoms with van der Waals surface area (Å²) in [4.78, 5) is 33.6. The predicted octanol–water partition coefficient (Wildman–Crippen LogP) is 4.77. The molecule has 2 saturated heterocycles. The number of H-pyrrole nitrogens is 1. The molecule has 2 aromatic carbocycles. The normalized spacial score (nSPS) is 19.2. The molecule has 7 heteroatoms. The molecule has 0 radical (unpaired) electrons. The molecule has 2 fully saturated rings. The highest BCUT2D eigenvalue weighted by atomic mass is 19.1. The number of nitriles is 1. The van der Waals surface area contributed by atoms with Crippen molar-refractivity contribution < 1.29 is 14.0 Å². The molecule has 1 N–H and O–H groups in total. The summed E-state index contributed by atoms with van der Waals surface area (Å²) < 4.78 is 13.2. The number of hydrogen-bond donors (Lipinski definition) is 1. The zero-order valence-electron chi connectivity index (χ0n) is 19.7. The third kappa shape index (κ3) is 4.71. The van der Waals surface area contributed by atoms with Gasteiger partial charge in [0.05, 0.1) is 5.56 Å². The van der Waals surface area contributed by atoms with Crippen LogP contribution < -0.4 is 0 Å². The van der Waals surface area contributed by atoms with Gasteiger partial charge in [-0.1, -0.05) is 18.2 Å². The number of carbonyl (C=O) groups is 2. The minimum atomic E-state index is -0.329. The van der Waals surface area contributed by atoms with Crippen LogP contribution in [-0.2, 0) is 0 Å². The highest BCUT2D eigenvalue weighted by molar-refractivity contribution is 6.03. The second-order valence-corrected chi connectivity index (χ2v) is 9.60. The van der Waals surface area contributed by atoms with Gasteiger partial charge in [-0.05, 0) is 75.5 Å². The van der Waals surface area contributed by atoms with Crippen LogP contribution in [0, 0.1) is 23.1 Å². The SMILES string of the molecule is N#Cc1c(C(=O)N2CCC[C@H]2CCN2CCC(C(=O)c3ccc(F)cc3)CC2)[nH]c2ccccc12. The zero-order valence-corrected chi connectivity index (χ0v) is 19.7. The second-order valence-electron chi connectivity index (χ2n) is 9.60. The first-order valence-electron chi connectivity index (χ1n) is 12.4. The van der Waals surface area contributed by atoms with Gasteiger partial charge in [0.1, 0.15) is 17.6 Å². The van der Waals surface area contributed by atoms with Crippen molar-refractivity contribution in [1.82, 2.24) is 14.8 Å². The molecule has 1 aromatic heterocycles. The first kappa shape index (κ1) is 23.3. The highest BCUT2D eigenvalue weighted by Crippen LogP contribution is 2.28. The van der Waals surface area contributed by atoms with E-state index in [9.17, 15) is 19.2 Å². The Morgan fingerprint density at radius 3 is 2.51 bits per heavy atom. The molecule has 0 spiro atoms. The predicted molar refractivity (Wildman–Crippen MR) is 132 cm³/mol. The van der Waals surface area contributed by atoms with E-state index < -0.39 is 0 Å². The lowest BCUT2D eigenvalue weighted by molar-refractivity contribution is 0.0700. The fraction of sp³-hybridized carbons (Fsp3) is 0.393. The molecule has 3 heterocycles. The third-order valence-electron chi connectivity index (χ3n) is 7.54. The molecule has 5 rings (SSSR count). The van der Waals surface area contributed by atoms with Crippen LogP contribution in [-0.4, -0.2) is 58.7 Å². The number of nitrogens with one attached hydrogen (secondary N) is 1. The molecule has 1 atom stereocenters. The summed E-state index contributed by atoms with van der Waals surface area (Å²) >= 11 is 0. The number of benzene rings is 2. The molecule has 6 nitrogen and oxygen atoms in total. The van der Waals surface area contributed by atoms with Gasteiger partial charge in [-0.15, -0.1) is 0 Å². The number of carbonyl (C=O) groups excluding carboxylic acids is 2. The molecule has 0 unspecified atom stereocenters. The summed E-state index contributed by atoms with van der Waals surface area (Å²) in [6.07, 6.45) is 4.40. The van der Waals surface area contributed by atoms with E-state index in [1.54, 1.807) is 12.1 Å². The van der Waals surface area contributed by atoms with Crippen LogP contribution in [0.2, 0.25) is 0 Å². The lowest BCUT2D eigenvalue weighted by atomic mass is 9.88. The summed E-state index contributed by atoms with van der Waals surface area (Å²) in [7, 11) is 0. The molecular formula is C28H29FN4O2. The van der Waals surface area contributed by atoms with Gasteiger partial charge < -0.3 is 14.8 Å². The van der Waals surface area contributed by atoms with Crippen LogP contribution in [0.5, 0.6) is 0 Å². The Hall–Kier alpha value is -3.50. The van der Waals surface area contributed by atoms with Crippen molar-refractivity contribution >= 4 is 22.6 Å². The van der Waals surface area contributed by atoms with Gasteiger partial charge in [0, 0.05) is 41.5 Å². The summed E-state index contributed by atoms with van der Waals surface area (Å²) in [5, 5.41) is 10.5. The van der Waals surface area contributed by atoms with Gasteiger partial charge >= 0.3 is 0 Å². The van der Waals surface area contributed by atoms with E-state index in [4.69, 9.17) is 0 Å². The van der Waals surface area contributed by atoms with E-state index >= 15 is 0 Å². The van der Waals surface area contributed by atoms with Crippen LogP contribution in [0.25, 0.3) is 10.9 Å². The first-order valence-corrected chi connectivity index (χ1v) is 12.4. The Morgan fingerprint density at radius 2 is 1.77 bits per heavy atom. The lowest BCUT2D eigenvalue weighted by Crippen LogP contribution is -2.41. The van der Waals surface area contributed by atoms with Crippen molar-refractivity contribution in [3.05, 3.63) is 71.2 Å². The summed E-state index contributed by atoms with van der Waals surface area (Å²) in [6, 6.07) is 15.7. The molecule has 0 saturated carbocycles. The van der Waals surface area contributed by atoms with Crippen molar-refractivity contribution in [2.75, 3.05) is 26.2 Å². The number of amides is 1. The van der Waals surface area contributed by atoms with Crippen molar-refractivity contribution in [2.45, 2.75) is 38.1 Å². The average molecular weight is 473 g/mol. The smallest absolute Gasteiger partial charge is 0.271 e. The van der Waals surface area contributed by atoms with Gasteiger partial charge in [0.2, 0.25) is 0 Å². The number of piperidine rings is 1. The second kappa shape index (κ2) is 10.0. The fourth-order valence-corrected chi connectivity index (χ4v) is 5.57. The quantitative estimate of drug-likeness (QED) is 0.524. The van der Waals surface area contributed by atoms with Gasteiger partial charge in [-0.2, -0.15) is 5.26 Å². The Bertz CT molecular complexity index is 1270. The fourth-order valence-electron chi connectivity index (χ4n) is 5.57. The monoisotopic (exact) mass is 472 g/mol. The molecule has 180 valence electrons. The number of fused-ring (bicyclic) bond motifs is 1. The van der Waals surface area contributed by atoms with Crippen molar-refractivity contribution in [1.29, 1.82) is 5.26 Å². The van der Waals surface area contributed by atoms with E-state index in [1.807, 2.05) is 29.2 Å². The van der Waals surface area contributed by atoms with Crippen molar-refractivity contribution in [2.24, 2.45) is 5.92 Å². The van der Waals surface area contributed by atoms with Crippen molar-refractivity contribution in [3.8, 4) is 6.07 Å². The van der Waals surface area contributed by atoms with Gasteiger partial charge in [-0.25, -0.2) is 4.39 Å². The van der Waals surface area contributed by atoms with Crippen LogP contribution in [0.1, 0.15) is 58.5 Å². The van der Waals surface area contributed by atoms with E-state index in [2.05, 4.69) is 16.0 Å². The van der Waals surface area contributed by atoms with Crippen LogP contribution in [0.3, 0.4) is 0 Å². The van der Waals surface area contributed by atoms with E-state index in [1.165, 1.54) is 12.1 Å². The summed E-state index contributed by atoms with van der Waals surface area (Å²) in [5.41, 5.74) is 2.20. The molecule has 2 aliphatic rings. The Morgan fingerprint density at radius 1 is 1.03 bits per heavy atom. The van der Waals surface area contributed by atoms with Crippen LogP contribution in [0.4, 0.5) is 4.39 Å². The van der Waals surface area contributed by atoms with Gasteiger partial charge in [0.25, 0.3) is 5.91 Å². The molecule has 35 heavy (non-hydrogen) atoms. The Balaban J connectivity index is 1.17. The van der Waals surface area contributed by atoms with Gasteiger partial charge in [-0.3, -0.25) is 9.59 Å². The first-order chi connectivity index (χ1) is 17.0. The molecule has 0 aliphatic carbocycles. The minimum absolute atomic E-state index is 0.0207. The standard InChI is InChI=1S/C28H29FN4O2/c29-21-9-7-19(8-10-21)27(34)20-11-15-32(16-12-20)17-13-22-4-3-14-33(22)28(35)26-24(18-30)23-5-1-2-6-25(23)31-26/h1-2,5-10,20,22,31H,3-4,11-17H2/t22-/m0/s1. The van der Waals surface area contributed by atoms with Gasteiger partial charge in [0.15, 0.2) is 5.78 Å². The largest absolute Gasteiger partial charge is 0.349 e. The Kier molecular flexibility index (Phi) is 6.65. The summed E-state index contributed by atoms with van der Waals surface area (Å²) in [6.45, 7) is 3.28. The topological polar surface area (TPSA) is 80.2 Å². The number of aromatic amines is 1. The average Bonchev–Trinajstić information content (AvgIpc) is 3.52. The number of aromatic nitrogens is 1. The Labute approximate surface area is 204 Å². The maximum Gasteiger partial charge on any atom is 0.271 e. The van der Waals surface area contributed by atoms with E-state index in [0.717, 1.165) is 62.6 Å². The molecule has 0 bridgehead atoms. The van der Waals surface area contributed by atoms with Crippen LogP contribution in [0.15, 0.2) is 48.5 Å². The molecule has 2 aliphatic heterocycles. The van der Waals surface area contributed by atoms with E-state index in [-0.39, 0.29) is 29.5 Å². The number of halogens is 1. The minimum Gasteiger partial charge on any atom is -0.349 e. The van der Waals surface area contributed by atoms with E-state index in [0.29, 0.717) is 23.4 Å². The number of ketones is 1. The number of hydrogen-bond acceptors (Lipinski definition) is 4. The molecule has 3 aromatic rings. The number of rotatable bonds is 6. The maximum atomic E-state index is 13.4. The maximum absolute atomic E-state index is 13.4. The molecule has 1 amide bonds. The number of para-hydroxylation sites is 1.